The Hall–Kier alpha value is -2.65. The minimum Gasteiger partial charge on any atom is -0.300 e. The highest BCUT2D eigenvalue weighted by atomic mass is 32.1. The molecule has 0 spiro atoms. The lowest BCUT2D eigenvalue weighted by molar-refractivity contribution is -0.116. The number of fused-ring (bicyclic) bond motifs is 3. The SMILES string of the molecule is O=C(Cn1cnc2c(sc3cccc(F)c32)c1=O)Nc1nccs1. The van der Waals surface area contributed by atoms with Crippen LogP contribution < -0.4 is 10.9 Å². The van der Waals surface area contributed by atoms with Gasteiger partial charge in [-0.3, -0.25) is 14.2 Å². The Bertz CT molecular complexity index is 1120. The second-order valence-electron chi connectivity index (χ2n) is 4.96. The van der Waals surface area contributed by atoms with E-state index in [1.807, 2.05) is 0 Å². The number of thiophene rings is 1. The molecule has 0 radical (unpaired) electrons. The molecular formula is C15H9FN4O2S2. The van der Waals surface area contributed by atoms with Crippen LogP contribution in [0.3, 0.4) is 0 Å². The first-order valence-corrected chi connectivity index (χ1v) is 8.58. The topological polar surface area (TPSA) is 76.9 Å². The van der Waals surface area contributed by atoms with Crippen LogP contribution >= 0.6 is 22.7 Å². The van der Waals surface area contributed by atoms with E-state index in [0.29, 0.717) is 25.4 Å². The molecule has 3 aromatic heterocycles. The van der Waals surface area contributed by atoms with Crippen molar-refractivity contribution < 1.29 is 9.18 Å². The average Bonchev–Trinajstić information content (AvgIpc) is 3.18. The molecule has 0 saturated heterocycles. The van der Waals surface area contributed by atoms with Crippen LogP contribution in [0.5, 0.6) is 0 Å². The summed E-state index contributed by atoms with van der Waals surface area (Å²) in [5, 5.41) is 5.15. The monoisotopic (exact) mass is 360 g/mol. The minimum atomic E-state index is -0.412. The van der Waals surface area contributed by atoms with E-state index in [0.717, 1.165) is 0 Å². The molecule has 6 nitrogen and oxygen atoms in total. The summed E-state index contributed by atoms with van der Waals surface area (Å²) in [6, 6.07) is 4.67. The molecule has 1 amide bonds. The number of thiazole rings is 1. The normalized spacial score (nSPS) is 11.2. The van der Waals surface area contributed by atoms with Crippen LogP contribution in [0.2, 0.25) is 0 Å². The van der Waals surface area contributed by atoms with Crippen LogP contribution in [0.25, 0.3) is 20.3 Å². The van der Waals surface area contributed by atoms with Crippen LogP contribution in [-0.4, -0.2) is 20.4 Å². The van der Waals surface area contributed by atoms with Crippen LogP contribution in [0, 0.1) is 5.82 Å². The fourth-order valence-corrected chi connectivity index (χ4v) is 4.04. The Morgan fingerprint density at radius 3 is 3.00 bits per heavy atom. The lowest BCUT2D eigenvalue weighted by Gasteiger charge is -2.04. The third kappa shape index (κ3) is 2.47. The molecule has 1 aromatic carbocycles. The summed E-state index contributed by atoms with van der Waals surface area (Å²) >= 11 is 2.46. The Balaban J connectivity index is 1.73. The zero-order chi connectivity index (χ0) is 16.7. The molecule has 0 aliphatic carbocycles. The van der Waals surface area contributed by atoms with Gasteiger partial charge in [0.15, 0.2) is 5.13 Å². The van der Waals surface area contributed by atoms with Crippen molar-refractivity contribution in [2.24, 2.45) is 0 Å². The van der Waals surface area contributed by atoms with Gasteiger partial charge in [-0.1, -0.05) is 6.07 Å². The molecule has 9 heteroatoms. The zero-order valence-corrected chi connectivity index (χ0v) is 13.7. The Morgan fingerprint density at radius 1 is 1.33 bits per heavy atom. The number of nitrogens with zero attached hydrogens (tertiary/aromatic N) is 3. The maximum absolute atomic E-state index is 14.0. The van der Waals surface area contributed by atoms with Gasteiger partial charge in [0.05, 0.1) is 17.2 Å². The van der Waals surface area contributed by atoms with E-state index >= 15 is 0 Å². The standard InChI is InChI=1S/C15H9FN4O2S2/c16-8-2-1-3-9-11(8)12-13(24-9)14(22)20(7-18-12)6-10(21)19-15-17-4-5-23-15/h1-5,7H,6H2,(H,17,19,21). The van der Waals surface area contributed by atoms with E-state index in [9.17, 15) is 14.0 Å². The number of anilines is 1. The number of aromatic nitrogens is 3. The quantitative estimate of drug-likeness (QED) is 0.609. The summed E-state index contributed by atoms with van der Waals surface area (Å²) < 4.78 is 16.2. The first kappa shape index (κ1) is 14.9. The van der Waals surface area contributed by atoms with Crippen LogP contribution in [-0.2, 0) is 11.3 Å². The molecule has 0 saturated carbocycles. The lowest BCUT2D eigenvalue weighted by atomic mass is 10.2. The second-order valence-corrected chi connectivity index (χ2v) is 6.90. The van der Waals surface area contributed by atoms with Gasteiger partial charge in [0.2, 0.25) is 5.91 Å². The van der Waals surface area contributed by atoms with Crippen molar-refractivity contribution in [3.63, 3.8) is 0 Å². The molecule has 0 unspecified atom stereocenters. The van der Waals surface area contributed by atoms with Gasteiger partial charge < -0.3 is 5.32 Å². The molecule has 0 bridgehead atoms. The van der Waals surface area contributed by atoms with E-state index in [1.165, 1.54) is 39.6 Å². The van der Waals surface area contributed by atoms with Gasteiger partial charge in [0, 0.05) is 16.3 Å². The summed E-state index contributed by atoms with van der Waals surface area (Å²) in [5.74, 6) is -0.787. The molecule has 1 N–H and O–H groups in total. The van der Waals surface area contributed by atoms with E-state index in [1.54, 1.807) is 23.7 Å². The molecule has 0 aliphatic rings. The number of halogens is 1. The predicted molar refractivity (Wildman–Crippen MR) is 92.1 cm³/mol. The van der Waals surface area contributed by atoms with E-state index in [4.69, 9.17) is 0 Å². The van der Waals surface area contributed by atoms with Crippen LogP contribution in [0.15, 0.2) is 40.9 Å². The fraction of sp³-hybridized carbons (Fsp3) is 0.0667. The van der Waals surface area contributed by atoms with Crippen molar-refractivity contribution in [2.45, 2.75) is 6.54 Å². The van der Waals surface area contributed by atoms with Gasteiger partial charge in [-0.15, -0.1) is 22.7 Å². The highest BCUT2D eigenvalue weighted by Gasteiger charge is 2.15. The Kier molecular flexibility index (Phi) is 3.58. The van der Waals surface area contributed by atoms with Gasteiger partial charge in [-0.2, -0.15) is 0 Å². The summed E-state index contributed by atoms with van der Waals surface area (Å²) in [4.78, 5) is 32.7. The minimum absolute atomic E-state index is 0.182. The van der Waals surface area contributed by atoms with Gasteiger partial charge >= 0.3 is 0 Å². The largest absolute Gasteiger partial charge is 0.300 e. The maximum atomic E-state index is 14.0. The number of carbonyl (C=O) groups is 1. The van der Waals surface area contributed by atoms with Crippen molar-refractivity contribution >= 4 is 54.0 Å². The number of amides is 1. The van der Waals surface area contributed by atoms with Gasteiger partial charge in [-0.05, 0) is 12.1 Å². The molecule has 120 valence electrons. The summed E-state index contributed by atoms with van der Waals surface area (Å²) in [5.41, 5.74) is -0.0374. The van der Waals surface area contributed by atoms with Gasteiger partial charge in [0.25, 0.3) is 5.56 Å². The third-order valence-corrected chi connectivity index (χ3v) is 5.23. The molecule has 24 heavy (non-hydrogen) atoms. The van der Waals surface area contributed by atoms with E-state index in [-0.39, 0.29) is 18.0 Å². The van der Waals surface area contributed by atoms with Crippen LogP contribution in [0.4, 0.5) is 9.52 Å². The fourth-order valence-electron chi connectivity index (χ4n) is 2.38. The summed E-state index contributed by atoms with van der Waals surface area (Å²) in [7, 11) is 0. The number of nitrogens with one attached hydrogen (secondary N) is 1. The van der Waals surface area contributed by atoms with Crippen molar-refractivity contribution in [3.8, 4) is 0 Å². The molecule has 4 aromatic rings. The number of benzene rings is 1. The maximum Gasteiger partial charge on any atom is 0.271 e. The third-order valence-electron chi connectivity index (χ3n) is 3.41. The average molecular weight is 360 g/mol. The molecule has 0 aliphatic heterocycles. The van der Waals surface area contributed by atoms with E-state index in [2.05, 4.69) is 15.3 Å². The highest BCUT2D eigenvalue weighted by Crippen LogP contribution is 2.31. The van der Waals surface area contributed by atoms with E-state index < -0.39 is 5.82 Å². The number of rotatable bonds is 3. The first-order valence-electron chi connectivity index (χ1n) is 6.89. The van der Waals surface area contributed by atoms with Crippen molar-refractivity contribution in [3.05, 3.63) is 52.3 Å². The first-order chi connectivity index (χ1) is 11.6. The van der Waals surface area contributed by atoms with Crippen LogP contribution in [0.1, 0.15) is 0 Å². The van der Waals surface area contributed by atoms with Gasteiger partial charge in [0.1, 0.15) is 17.1 Å². The molecular weight excluding hydrogens is 351 g/mol. The number of carbonyl (C=O) groups excluding carboxylic acids is 1. The Morgan fingerprint density at radius 2 is 2.21 bits per heavy atom. The van der Waals surface area contributed by atoms with Gasteiger partial charge in [-0.25, -0.2) is 14.4 Å². The molecule has 3 heterocycles. The van der Waals surface area contributed by atoms with Crippen molar-refractivity contribution in [2.75, 3.05) is 5.32 Å². The smallest absolute Gasteiger partial charge is 0.271 e. The number of hydrogen-bond acceptors (Lipinski definition) is 6. The number of hydrogen-bond donors (Lipinski definition) is 1. The highest BCUT2D eigenvalue weighted by molar-refractivity contribution is 7.25. The molecule has 0 atom stereocenters. The molecule has 4 rings (SSSR count). The lowest BCUT2D eigenvalue weighted by Crippen LogP contribution is -2.27. The predicted octanol–water partition coefficient (Wildman–Crippen LogP) is 2.85. The van der Waals surface area contributed by atoms with Crippen molar-refractivity contribution in [1.29, 1.82) is 0 Å². The summed E-state index contributed by atoms with van der Waals surface area (Å²) in [6.45, 7) is -0.182. The second kappa shape index (κ2) is 5.77. The zero-order valence-electron chi connectivity index (χ0n) is 12.0. The Labute approximate surface area is 142 Å². The summed E-state index contributed by atoms with van der Waals surface area (Å²) in [6.07, 6.45) is 2.84. The molecule has 0 fully saturated rings. The van der Waals surface area contributed by atoms with Crippen molar-refractivity contribution in [1.82, 2.24) is 14.5 Å².